The van der Waals surface area contributed by atoms with Gasteiger partial charge in [-0.05, 0) is 51.4 Å². The Hall–Kier alpha value is -1.13. The molecule has 1 atom stereocenters. The van der Waals surface area contributed by atoms with Crippen molar-refractivity contribution in [3.8, 4) is 0 Å². The van der Waals surface area contributed by atoms with Crippen molar-refractivity contribution in [2.24, 2.45) is 5.73 Å². The van der Waals surface area contributed by atoms with Gasteiger partial charge in [0.25, 0.3) is 0 Å². The topological polar surface area (TPSA) is 45.4 Å². The summed E-state index contributed by atoms with van der Waals surface area (Å²) in [6.07, 6.45) is 6.36. The van der Waals surface area contributed by atoms with E-state index in [1.807, 2.05) is 6.20 Å². The number of piperidine rings is 1. The summed E-state index contributed by atoms with van der Waals surface area (Å²) in [4.78, 5) is 9.34. The van der Waals surface area contributed by atoms with E-state index in [9.17, 15) is 0 Å². The van der Waals surface area contributed by atoms with E-state index in [0.717, 1.165) is 31.7 Å². The molecule has 0 saturated carbocycles. The summed E-state index contributed by atoms with van der Waals surface area (Å²) in [5.41, 5.74) is 7.23. The summed E-state index contributed by atoms with van der Waals surface area (Å²) in [5, 5.41) is 0. The minimum atomic E-state index is 0.249. The lowest BCUT2D eigenvalue weighted by Gasteiger charge is -2.35. The number of aromatic nitrogens is 1. The van der Waals surface area contributed by atoms with Crippen molar-refractivity contribution in [1.29, 1.82) is 0 Å². The lowest BCUT2D eigenvalue weighted by atomic mass is 10.0. The van der Waals surface area contributed by atoms with Gasteiger partial charge < -0.3 is 15.5 Å². The Morgan fingerprint density at radius 3 is 2.55 bits per heavy atom. The van der Waals surface area contributed by atoms with Gasteiger partial charge >= 0.3 is 0 Å². The second-order valence-corrected chi connectivity index (χ2v) is 6.08. The van der Waals surface area contributed by atoms with Gasteiger partial charge in [-0.2, -0.15) is 0 Å². The number of nitrogens with zero attached hydrogens (tertiary/aromatic N) is 3. The molecule has 2 heterocycles. The molecule has 0 radical (unpaired) electrons. The predicted octanol–water partition coefficient (Wildman–Crippen LogP) is 1.89. The molecular formula is C16H28N4. The summed E-state index contributed by atoms with van der Waals surface area (Å²) < 4.78 is 0. The molecule has 1 aliphatic rings. The highest BCUT2D eigenvalue weighted by atomic mass is 15.2. The van der Waals surface area contributed by atoms with Crippen LogP contribution in [0.3, 0.4) is 0 Å². The second kappa shape index (κ2) is 7.04. The van der Waals surface area contributed by atoms with Gasteiger partial charge in [-0.1, -0.05) is 13.0 Å². The van der Waals surface area contributed by atoms with E-state index in [1.165, 1.54) is 18.4 Å². The Morgan fingerprint density at radius 1 is 1.35 bits per heavy atom. The Bertz CT molecular complexity index is 393. The molecule has 0 aromatic carbocycles. The first-order valence-electron chi connectivity index (χ1n) is 7.72. The zero-order valence-electron chi connectivity index (χ0n) is 13.0. The van der Waals surface area contributed by atoms with Gasteiger partial charge in [-0.15, -0.1) is 0 Å². The monoisotopic (exact) mass is 276 g/mol. The first-order valence-corrected chi connectivity index (χ1v) is 7.72. The predicted molar refractivity (Wildman–Crippen MR) is 85.1 cm³/mol. The molecule has 4 heteroatoms. The summed E-state index contributed by atoms with van der Waals surface area (Å²) >= 11 is 0. The highest BCUT2D eigenvalue weighted by molar-refractivity contribution is 5.40. The summed E-state index contributed by atoms with van der Waals surface area (Å²) in [6.45, 7) is 4.33. The van der Waals surface area contributed by atoms with Crippen LogP contribution in [0.5, 0.6) is 0 Å². The minimum Gasteiger partial charge on any atom is -0.357 e. The number of hydrogen-bond acceptors (Lipinski definition) is 4. The Kier molecular flexibility index (Phi) is 5.38. The van der Waals surface area contributed by atoms with Gasteiger partial charge in [0.2, 0.25) is 0 Å². The van der Waals surface area contributed by atoms with E-state index >= 15 is 0 Å². The highest BCUT2D eigenvalue weighted by Gasteiger charge is 2.21. The van der Waals surface area contributed by atoms with E-state index in [0.29, 0.717) is 6.04 Å². The molecule has 1 unspecified atom stereocenters. The van der Waals surface area contributed by atoms with Gasteiger partial charge in [-0.3, -0.25) is 0 Å². The van der Waals surface area contributed by atoms with Crippen molar-refractivity contribution in [3.05, 3.63) is 23.9 Å². The first kappa shape index (κ1) is 15.3. The van der Waals surface area contributed by atoms with Crippen molar-refractivity contribution in [2.75, 3.05) is 32.1 Å². The molecule has 0 bridgehead atoms. The molecule has 0 spiro atoms. The number of rotatable bonds is 5. The molecule has 1 saturated heterocycles. The SMILES string of the molecule is CCC(N)Cc1ccc(N2CCC(N(C)C)CC2)nc1. The fourth-order valence-electron chi connectivity index (χ4n) is 2.78. The highest BCUT2D eigenvalue weighted by Crippen LogP contribution is 2.20. The van der Waals surface area contributed by atoms with Gasteiger partial charge in [-0.25, -0.2) is 4.98 Å². The largest absolute Gasteiger partial charge is 0.357 e. The van der Waals surface area contributed by atoms with Crippen molar-refractivity contribution in [3.63, 3.8) is 0 Å². The fourth-order valence-corrected chi connectivity index (χ4v) is 2.78. The Balaban J connectivity index is 1.91. The van der Waals surface area contributed by atoms with Gasteiger partial charge in [0.05, 0.1) is 0 Å². The van der Waals surface area contributed by atoms with Crippen molar-refractivity contribution < 1.29 is 0 Å². The van der Waals surface area contributed by atoms with Crippen molar-refractivity contribution >= 4 is 5.82 Å². The van der Waals surface area contributed by atoms with Crippen LogP contribution in [0.1, 0.15) is 31.7 Å². The maximum absolute atomic E-state index is 5.99. The molecule has 2 rings (SSSR count). The normalized spacial score (nSPS) is 18.6. The standard InChI is InChI=1S/C16H28N4/c1-4-14(17)11-13-5-6-16(18-12-13)20-9-7-15(8-10-20)19(2)3/h5-6,12,14-15H,4,7-11,17H2,1-3H3. The maximum atomic E-state index is 5.99. The smallest absolute Gasteiger partial charge is 0.128 e. The van der Waals surface area contributed by atoms with Crippen LogP contribution >= 0.6 is 0 Å². The van der Waals surface area contributed by atoms with Crippen LogP contribution in [0.15, 0.2) is 18.3 Å². The fraction of sp³-hybridized carbons (Fsp3) is 0.688. The first-order chi connectivity index (χ1) is 9.60. The third kappa shape index (κ3) is 3.93. The maximum Gasteiger partial charge on any atom is 0.128 e. The lowest BCUT2D eigenvalue weighted by molar-refractivity contribution is 0.249. The number of nitrogens with two attached hydrogens (primary N) is 1. The van der Waals surface area contributed by atoms with Crippen molar-refractivity contribution in [1.82, 2.24) is 9.88 Å². The summed E-state index contributed by atoms with van der Waals surface area (Å²) in [7, 11) is 4.34. The molecule has 0 amide bonds. The van der Waals surface area contributed by atoms with Crippen LogP contribution in [-0.4, -0.2) is 49.2 Å². The zero-order valence-corrected chi connectivity index (χ0v) is 13.0. The quantitative estimate of drug-likeness (QED) is 0.892. The molecule has 2 N–H and O–H groups in total. The van der Waals surface area contributed by atoms with E-state index in [-0.39, 0.29) is 6.04 Å². The van der Waals surface area contributed by atoms with E-state index in [2.05, 4.69) is 47.9 Å². The third-order valence-electron chi connectivity index (χ3n) is 4.35. The molecular weight excluding hydrogens is 248 g/mol. The van der Waals surface area contributed by atoms with Crippen LogP contribution in [0.2, 0.25) is 0 Å². The molecule has 1 fully saturated rings. The van der Waals surface area contributed by atoms with Gasteiger partial charge in [0.15, 0.2) is 0 Å². The zero-order chi connectivity index (χ0) is 14.5. The Morgan fingerprint density at radius 2 is 2.05 bits per heavy atom. The molecule has 112 valence electrons. The average molecular weight is 276 g/mol. The number of pyridine rings is 1. The minimum absolute atomic E-state index is 0.249. The lowest BCUT2D eigenvalue weighted by Crippen LogP contribution is -2.42. The van der Waals surface area contributed by atoms with Crippen LogP contribution in [0.4, 0.5) is 5.82 Å². The Labute approximate surface area is 123 Å². The number of anilines is 1. The van der Waals surface area contributed by atoms with Crippen LogP contribution in [0, 0.1) is 0 Å². The summed E-state index contributed by atoms with van der Waals surface area (Å²) in [6, 6.07) is 5.29. The van der Waals surface area contributed by atoms with E-state index in [4.69, 9.17) is 5.73 Å². The van der Waals surface area contributed by atoms with Crippen LogP contribution in [0.25, 0.3) is 0 Å². The molecule has 1 aromatic heterocycles. The molecule has 20 heavy (non-hydrogen) atoms. The summed E-state index contributed by atoms with van der Waals surface area (Å²) in [5.74, 6) is 1.11. The van der Waals surface area contributed by atoms with E-state index < -0.39 is 0 Å². The molecule has 1 aliphatic heterocycles. The van der Waals surface area contributed by atoms with Crippen molar-refractivity contribution in [2.45, 2.75) is 44.7 Å². The molecule has 0 aliphatic carbocycles. The number of hydrogen-bond donors (Lipinski definition) is 1. The second-order valence-electron chi connectivity index (χ2n) is 6.08. The average Bonchev–Trinajstić information content (AvgIpc) is 2.48. The van der Waals surface area contributed by atoms with Crippen LogP contribution < -0.4 is 10.6 Å². The third-order valence-corrected chi connectivity index (χ3v) is 4.35. The molecule has 4 nitrogen and oxygen atoms in total. The van der Waals surface area contributed by atoms with E-state index in [1.54, 1.807) is 0 Å². The van der Waals surface area contributed by atoms with Crippen LogP contribution in [-0.2, 0) is 6.42 Å². The van der Waals surface area contributed by atoms with Gasteiger partial charge in [0.1, 0.15) is 5.82 Å². The van der Waals surface area contributed by atoms with Gasteiger partial charge in [0, 0.05) is 31.4 Å². The molecule has 1 aromatic rings.